The second kappa shape index (κ2) is 9.25. The summed E-state index contributed by atoms with van der Waals surface area (Å²) in [6.45, 7) is 1.66. The molecule has 3 N–H and O–H groups in total. The highest BCUT2D eigenvalue weighted by Gasteiger charge is 2.21. The van der Waals surface area contributed by atoms with Gasteiger partial charge in [-0.15, -0.1) is 11.3 Å². The number of ether oxygens (including phenoxy) is 2. The van der Waals surface area contributed by atoms with E-state index in [0.29, 0.717) is 28.5 Å². The summed E-state index contributed by atoms with van der Waals surface area (Å²) in [4.78, 5) is 25.3. The van der Waals surface area contributed by atoms with E-state index in [0.717, 1.165) is 16.0 Å². The van der Waals surface area contributed by atoms with Gasteiger partial charge in [0.05, 0.1) is 12.7 Å². The third-order valence-electron chi connectivity index (χ3n) is 4.38. The van der Waals surface area contributed by atoms with Gasteiger partial charge >= 0.3 is 0 Å². The van der Waals surface area contributed by atoms with Crippen LogP contribution in [0.15, 0.2) is 54.6 Å². The molecule has 150 valence electrons. The van der Waals surface area contributed by atoms with Crippen LogP contribution in [0.25, 0.3) is 0 Å². The van der Waals surface area contributed by atoms with Gasteiger partial charge in [-0.1, -0.05) is 30.3 Å². The van der Waals surface area contributed by atoms with Gasteiger partial charge in [-0.3, -0.25) is 9.59 Å². The third kappa shape index (κ3) is 5.14. The van der Waals surface area contributed by atoms with Crippen LogP contribution in [0.1, 0.15) is 26.4 Å². The zero-order valence-electron chi connectivity index (χ0n) is 16.2. The summed E-state index contributed by atoms with van der Waals surface area (Å²) in [6, 6.07) is 16.8. The van der Waals surface area contributed by atoms with E-state index in [9.17, 15) is 9.59 Å². The number of thiophene rings is 1. The smallest absolute Gasteiger partial charge is 0.262 e. The van der Waals surface area contributed by atoms with Gasteiger partial charge in [0, 0.05) is 11.3 Å². The van der Waals surface area contributed by atoms with Crippen molar-refractivity contribution in [2.24, 2.45) is 5.73 Å². The van der Waals surface area contributed by atoms with Crippen molar-refractivity contribution >= 4 is 28.2 Å². The van der Waals surface area contributed by atoms with Gasteiger partial charge in [0.2, 0.25) is 0 Å². The molecule has 0 atom stereocenters. The minimum Gasteiger partial charge on any atom is -0.497 e. The molecule has 3 aromatic rings. The Morgan fingerprint density at radius 3 is 2.31 bits per heavy atom. The lowest BCUT2D eigenvalue weighted by molar-refractivity contribution is -0.118. The maximum absolute atomic E-state index is 12.4. The van der Waals surface area contributed by atoms with Crippen molar-refractivity contribution in [1.82, 2.24) is 0 Å². The first kappa shape index (κ1) is 20.4. The van der Waals surface area contributed by atoms with Gasteiger partial charge < -0.3 is 20.5 Å². The highest BCUT2D eigenvalue weighted by atomic mass is 32.1. The molecule has 0 spiro atoms. The molecule has 0 aliphatic heterocycles. The number of carbonyl (C=O) groups is 2. The van der Waals surface area contributed by atoms with Crippen molar-refractivity contribution in [1.29, 1.82) is 0 Å². The highest BCUT2D eigenvalue weighted by Crippen LogP contribution is 2.34. The number of carbonyl (C=O) groups excluding carboxylic acids is 2. The van der Waals surface area contributed by atoms with Crippen LogP contribution in [0, 0.1) is 6.92 Å². The molecule has 0 radical (unpaired) electrons. The van der Waals surface area contributed by atoms with Gasteiger partial charge in [-0.2, -0.15) is 0 Å². The normalized spacial score (nSPS) is 10.4. The van der Waals surface area contributed by atoms with Crippen molar-refractivity contribution in [3.63, 3.8) is 0 Å². The Morgan fingerprint density at radius 2 is 1.69 bits per heavy atom. The number of primary amides is 1. The first-order valence-electron chi connectivity index (χ1n) is 9.00. The van der Waals surface area contributed by atoms with Gasteiger partial charge in [0.25, 0.3) is 11.8 Å². The minimum atomic E-state index is -0.565. The fourth-order valence-electron chi connectivity index (χ4n) is 2.88. The van der Waals surface area contributed by atoms with E-state index in [-0.39, 0.29) is 12.5 Å². The van der Waals surface area contributed by atoms with Crippen LogP contribution < -0.4 is 20.5 Å². The second-order valence-electron chi connectivity index (χ2n) is 6.39. The molecule has 3 rings (SSSR count). The Morgan fingerprint density at radius 1 is 1.03 bits per heavy atom. The lowest BCUT2D eigenvalue weighted by Gasteiger charge is -2.08. The number of hydrogen-bond acceptors (Lipinski definition) is 5. The largest absolute Gasteiger partial charge is 0.497 e. The maximum Gasteiger partial charge on any atom is 0.262 e. The van der Waals surface area contributed by atoms with E-state index in [1.165, 1.54) is 11.3 Å². The maximum atomic E-state index is 12.4. The van der Waals surface area contributed by atoms with Crippen molar-refractivity contribution in [3.8, 4) is 11.5 Å². The van der Waals surface area contributed by atoms with E-state index >= 15 is 0 Å². The Bertz CT molecular complexity index is 998. The van der Waals surface area contributed by atoms with Crippen LogP contribution >= 0.6 is 11.3 Å². The standard InChI is InChI=1S/C22H22N2O4S/c1-14-18(12-15-6-4-3-5-7-15)29-22(20(14)21(23)26)24-19(25)13-28-17-10-8-16(27-2)9-11-17/h3-11H,12-13H2,1-2H3,(H2,23,26)(H,24,25). The summed E-state index contributed by atoms with van der Waals surface area (Å²) in [5.41, 5.74) is 7.82. The molecular weight excluding hydrogens is 388 g/mol. The molecule has 0 aliphatic rings. The predicted molar refractivity (Wildman–Crippen MR) is 114 cm³/mol. The Labute approximate surface area is 173 Å². The molecule has 1 aromatic heterocycles. The molecule has 29 heavy (non-hydrogen) atoms. The molecule has 0 bridgehead atoms. The van der Waals surface area contributed by atoms with Crippen LogP contribution in [0.5, 0.6) is 11.5 Å². The summed E-state index contributed by atoms with van der Waals surface area (Å²) in [7, 11) is 1.58. The van der Waals surface area contributed by atoms with Crippen LogP contribution in [0.4, 0.5) is 5.00 Å². The van der Waals surface area contributed by atoms with E-state index in [1.54, 1.807) is 31.4 Å². The van der Waals surface area contributed by atoms with Crippen molar-refractivity contribution in [2.45, 2.75) is 13.3 Å². The van der Waals surface area contributed by atoms with Crippen molar-refractivity contribution in [2.75, 3.05) is 19.0 Å². The summed E-state index contributed by atoms with van der Waals surface area (Å²) in [5, 5.41) is 3.21. The monoisotopic (exact) mass is 410 g/mol. The number of amides is 2. The number of methoxy groups -OCH3 is 1. The quantitative estimate of drug-likeness (QED) is 0.591. The summed E-state index contributed by atoms with van der Waals surface area (Å²) in [6.07, 6.45) is 0.663. The highest BCUT2D eigenvalue weighted by molar-refractivity contribution is 7.17. The molecule has 2 aromatic carbocycles. The molecule has 0 fully saturated rings. The topological polar surface area (TPSA) is 90.7 Å². The fraction of sp³-hybridized carbons (Fsp3) is 0.182. The molecule has 6 nitrogen and oxygen atoms in total. The predicted octanol–water partition coefficient (Wildman–Crippen LogP) is 3.77. The summed E-state index contributed by atoms with van der Waals surface area (Å²) in [5.74, 6) is 0.316. The number of hydrogen-bond donors (Lipinski definition) is 2. The third-order valence-corrected chi connectivity index (χ3v) is 5.59. The SMILES string of the molecule is COc1ccc(OCC(=O)Nc2sc(Cc3ccccc3)c(C)c2C(N)=O)cc1. The lowest BCUT2D eigenvalue weighted by Crippen LogP contribution is -2.22. The number of anilines is 1. The number of rotatable bonds is 8. The average Bonchev–Trinajstić information content (AvgIpc) is 3.02. The average molecular weight is 410 g/mol. The van der Waals surface area contributed by atoms with E-state index in [2.05, 4.69) is 5.32 Å². The summed E-state index contributed by atoms with van der Waals surface area (Å²) < 4.78 is 10.6. The van der Waals surface area contributed by atoms with Crippen molar-refractivity contribution in [3.05, 3.63) is 76.2 Å². The van der Waals surface area contributed by atoms with Crippen LogP contribution in [-0.2, 0) is 11.2 Å². The van der Waals surface area contributed by atoms with Crippen LogP contribution in [0.2, 0.25) is 0 Å². The number of nitrogens with two attached hydrogens (primary N) is 1. The van der Waals surface area contributed by atoms with E-state index in [1.807, 2.05) is 37.3 Å². The molecule has 0 unspecified atom stereocenters. The number of benzene rings is 2. The van der Waals surface area contributed by atoms with Gasteiger partial charge in [-0.25, -0.2) is 0 Å². The van der Waals surface area contributed by atoms with Gasteiger partial charge in [0.1, 0.15) is 16.5 Å². The molecule has 7 heteroatoms. The van der Waals surface area contributed by atoms with E-state index in [4.69, 9.17) is 15.2 Å². The Balaban J connectivity index is 1.70. The first-order chi connectivity index (χ1) is 14.0. The molecule has 0 saturated carbocycles. The second-order valence-corrected chi connectivity index (χ2v) is 7.50. The first-order valence-corrected chi connectivity index (χ1v) is 9.82. The van der Waals surface area contributed by atoms with Crippen molar-refractivity contribution < 1.29 is 19.1 Å². The zero-order chi connectivity index (χ0) is 20.8. The van der Waals surface area contributed by atoms with Crippen LogP contribution in [-0.4, -0.2) is 25.5 Å². The number of nitrogens with one attached hydrogen (secondary N) is 1. The summed E-state index contributed by atoms with van der Waals surface area (Å²) >= 11 is 1.36. The molecule has 1 heterocycles. The molecule has 0 aliphatic carbocycles. The van der Waals surface area contributed by atoms with E-state index < -0.39 is 5.91 Å². The molecule has 2 amide bonds. The van der Waals surface area contributed by atoms with Crippen LogP contribution in [0.3, 0.4) is 0 Å². The minimum absolute atomic E-state index is 0.185. The van der Waals surface area contributed by atoms with Gasteiger partial charge in [0.15, 0.2) is 6.61 Å². The zero-order valence-corrected chi connectivity index (χ0v) is 17.0. The molecule has 0 saturated heterocycles. The fourth-order valence-corrected chi connectivity index (χ4v) is 4.14. The molecular formula is C22H22N2O4S. The Hall–Kier alpha value is -3.32. The van der Waals surface area contributed by atoms with Gasteiger partial charge in [-0.05, 0) is 42.3 Å². The Kier molecular flexibility index (Phi) is 6.51. The lowest BCUT2D eigenvalue weighted by atomic mass is 10.1.